The summed E-state index contributed by atoms with van der Waals surface area (Å²) in [4.78, 5) is 29.1. The van der Waals surface area contributed by atoms with E-state index < -0.39 is 5.25 Å². The number of nitrogens with zero attached hydrogens (tertiary/aromatic N) is 1. The first-order valence-corrected chi connectivity index (χ1v) is 9.95. The van der Waals surface area contributed by atoms with Gasteiger partial charge in [-0.1, -0.05) is 53.7 Å². The van der Waals surface area contributed by atoms with Gasteiger partial charge in [0.2, 0.25) is 11.8 Å². The van der Waals surface area contributed by atoms with Gasteiger partial charge in [-0.15, -0.1) is 0 Å². The van der Waals surface area contributed by atoms with E-state index in [1.165, 1.54) is 18.9 Å². The Balaban J connectivity index is 1.59. The molecular weight excluding hydrogens is 398 g/mol. The Bertz CT molecular complexity index is 905. The quantitative estimate of drug-likeness (QED) is 0.743. The largest absolute Gasteiger partial charge is 0.495 e. The fourth-order valence-electron chi connectivity index (χ4n) is 2.71. The Morgan fingerprint density at radius 3 is 2.75 bits per heavy atom. The number of amidine groups is 1. The Morgan fingerprint density at radius 1 is 1.32 bits per heavy atom. The van der Waals surface area contributed by atoms with Gasteiger partial charge in [-0.05, 0) is 30.7 Å². The van der Waals surface area contributed by atoms with Gasteiger partial charge < -0.3 is 15.4 Å². The second kappa shape index (κ2) is 9.12. The third kappa shape index (κ3) is 5.05. The van der Waals surface area contributed by atoms with Gasteiger partial charge in [0.15, 0.2) is 5.17 Å². The summed E-state index contributed by atoms with van der Waals surface area (Å²) in [5, 5.41) is 5.92. The van der Waals surface area contributed by atoms with Crippen LogP contribution < -0.4 is 15.4 Å². The lowest BCUT2D eigenvalue weighted by Crippen LogP contribution is -2.28. The molecule has 28 heavy (non-hydrogen) atoms. The normalized spacial score (nSPS) is 18.6. The molecule has 0 saturated carbocycles. The van der Waals surface area contributed by atoms with E-state index in [-0.39, 0.29) is 24.3 Å². The molecule has 3 rings (SSSR count). The van der Waals surface area contributed by atoms with Crippen LogP contribution in [0.5, 0.6) is 5.75 Å². The number of carbonyl (C=O) groups is 2. The molecule has 146 valence electrons. The van der Waals surface area contributed by atoms with E-state index in [9.17, 15) is 9.59 Å². The number of aliphatic imine (C=N–C) groups is 1. The standard InChI is InChI=1S/C20H20ClN3O3S/c1-12(13-6-4-3-5-7-13)22-20-24-19(26)17(28-20)11-18(25)23-14-8-9-16(27-2)15(21)10-14/h3-10,12,17H,11H2,1-2H3,(H,23,25)(H,22,24,26)/t12-,17+/m1/s1. The van der Waals surface area contributed by atoms with Crippen molar-refractivity contribution in [1.82, 2.24) is 5.32 Å². The van der Waals surface area contributed by atoms with Crippen LogP contribution in [0.15, 0.2) is 53.5 Å². The molecule has 2 aromatic carbocycles. The monoisotopic (exact) mass is 417 g/mol. The third-order valence-electron chi connectivity index (χ3n) is 4.18. The second-order valence-electron chi connectivity index (χ2n) is 6.22. The van der Waals surface area contributed by atoms with E-state index in [1.807, 2.05) is 37.3 Å². The smallest absolute Gasteiger partial charge is 0.240 e. The molecule has 0 bridgehead atoms. The Labute approximate surface area is 172 Å². The van der Waals surface area contributed by atoms with Gasteiger partial charge in [0, 0.05) is 12.1 Å². The topological polar surface area (TPSA) is 79.8 Å². The molecule has 0 aliphatic carbocycles. The van der Waals surface area contributed by atoms with Crippen LogP contribution in [0.2, 0.25) is 5.02 Å². The van der Waals surface area contributed by atoms with Crippen molar-refractivity contribution in [2.45, 2.75) is 24.6 Å². The molecule has 1 heterocycles. The zero-order valence-electron chi connectivity index (χ0n) is 15.4. The fraction of sp³-hybridized carbons (Fsp3) is 0.250. The fourth-order valence-corrected chi connectivity index (χ4v) is 4.01. The number of benzene rings is 2. The van der Waals surface area contributed by atoms with Crippen molar-refractivity contribution >= 4 is 46.0 Å². The first-order chi connectivity index (χ1) is 13.5. The zero-order chi connectivity index (χ0) is 20.1. The summed E-state index contributed by atoms with van der Waals surface area (Å²) in [6.07, 6.45) is 0.0406. The van der Waals surface area contributed by atoms with Crippen LogP contribution in [0.4, 0.5) is 5.69 Å². The lowest BCUT2D eigenvalue weighted by atomic mass is 10.1. The van der Waals surface area contributed by atoms with Crippen molar-refractivity contribution in [3.8, 4) is 5.75 Å². The summed E-state index contributed by atoms with van der Waals surface area (Å²) in [6, 6.07) is 14.7. The number of nitrogens with one attached hydrogen (secondary N) is 2. The maximum Gasteiger partial charge on any atom is 0.240 e. The number of amides is 2. The van der Waals surface area contributed by atoms with Crippen molar-refractivity contribution in [2.75, 3.05) is 12.4 Å². The molecule has 0 unspecified atom stereocenters. The molecule has 6 nitrogen and oxygen atoms in total. The lowest BCUT2D eigenvalue weighted by Gasteiger charge is -2.09. The molecule has 2 aromatic rings. The molecule has 1 aliphatic heterocycles. The number of halogens is 1. The van der Waals surface area contributed by atoms with E-state index in [0.717, 1.165) is 5.56 Å². The van der Waals surface area contributed by atoms with Crippen LogP contribution in [-0.4, -0.2) is 29.3 Å². The molecule has 1 fully saturated rings. The summed E-state index contributed by atoms with van der Waals surface area (Å²) in [7, 11) is 1.52. The Kier molecular flexibility index (Phi) is 6.59. The summed E-state index contributed by atoms with van der Waals surface area (Å²) < 4.78 is 5.09. The highest BCUT2D eigenvalue weighted by molar-refractivity contribution is 8.15. The average Bonchev–Trinajstić information content (AvgIpc) is 3.01. The van der Waals surface area contributed by atoms with Gasteiger partial charge in [-0.2, -0.15) is 0 Å². The van der Waals surface area contributed by atoms with Crippen molar-refractivity contribution < 1.29 is 14.3 Å². The van der Waals surface area contributed by atoms with Crippen molar-refractivity contribution in [2.24, 2.45) is 4.99 Å². The van der Waals surface area contributed by atoms with Gasteiger partial charge in [0.05, 0.1) is 18.2 Å². The van der Waals surface area contributed by atoms with Gasteiger partial charge in [-0.3, -0.25) is 14.6 Å². The van der Waals surface area contributed by atoms with Gasteiger partial charge in [0.25, 0.3) is 0 Å². The molecule has 0 spiro atoms. The molecule has 0 aromatic heterocycles. The predicted molar refractivity (Wildman–Crippen MR) is 113 cm³/mol. The molecular formula is C20H20ClN3O3S. The number of rotatable bonds is 6. The van der Waals surface area contributed by atoms with Gasteiger partial charge in [-0.25, -0.2) is 0 Å². The van der Waals surface area contributed by atoms with Crippen LogP contribution in [-0.2, 0) is 9.59 Å². The number of anilines is 1. The van der Waals surface area contributed by atoms with E-state index in [2.05, 4.69) is 15.6 Å². The highest BCUT2D eigenvalue weighted by Gasteiger charge is 2.32. The summed E-state index contributed by atoms with van der Waals surface area (Å²) in [6.45, 7) is 1.96. The van der Waals surface area contributed by atoms with E-state index >= 15 is 0 Å². The van der Waals surface area contributed by atoms with Crippen LogP contribution in [0.3, 0.4) is 0 Å². The van der Waals surface area contributed by atoms with Crippen molar-refractivity contribution in [1.29, 1.82) is 0 Å². The van der Waals surface area contributed by atoms with Gasteiger partial charge in [0.1, 0.15) is 11.0 Å². The number of hydrogen-bond donors (Lipinski definition) is 2. The number of hydrogen-bond acceptors (Lipinski definition) is 5. The molecule has 0 radical (unpaired) electrons. The number of thioether (sulfide) groups is 1. The van der Waals surface area contributed by atoms with E-state index in [4.69, 9.17) is 16.3 Å². The first-order valence-electron chi connectivity index (χ1n) is 8.70. The molecule has 1 saturated heterocycles. The van der Waals surface area contributed by atoms with Crippen LogP contribution in [0.1, 0.15) is 24.9 Å². The SMILES string of the molecule is COc1ccc(NC(=O)C[C@@H]2SC(=N[C@H](C)c3ccccc3)NC2=O)cc1Cl. The average molecular weight is 418 g/mol. The summed E-state index contributed by atoms with van der Waals surface area (Å²) in [5.41, 5.74) is 1.60. The summed E-state index contributed by atoms with van der Waals surface area (Å²) >= 11 is 7.34. The molecule has 2 N–H and O–H groups in total. The molecule has 1 aliphatic rings. The zero-order valence-corrected chi connectivity index (χ0v) is 17.0. The highest BCUT2D eigenvalue weighted by atomic mass is 35.5. The maximum absolute atomic E-state index is 12.3. The van der Waals surface area contributed by atoms with Crippen molar-refractivity contribution in [3.63, 3.8) is 0 Å². The minimum atomic E-state index is -0.518. The first kappa shape index (κ1) is 20.2. The molecule has 8 heteroatoms. The molecule has 2 atom stereocenters. The maximum atomic E-state index is 12.3. The van der Waals surface area contributed by atoms with Crippen LogP contribution in [0, 0.1) is 0 Å². The van der Waals surface area contributed by atoms with Crippen LogP contribution in [0.25, 0.3) is 0 Å². The number of methoxy groups -OCH3 is 1. The second-order valence-corrected chi connectivity index (χ2v) is 7.82. The number of ether oxygens (including phenoxy) is 1. The lowest BCUT2D eigenvalue weighted by molar-refractivity contribution is -0.122. The minimum absolute atomic E-state index is 0.0406. The Hall–Kier alpha value is -2.51. The third-order valence-corrected chi connectivity index (χ3v) is 5.57. The highest BCUT2D eigenvalue weighted by Crippen LogP contribution is 2.29. The van der Waals surface area contributed by atoms with Gasteiger partial charge >= 0.3 is 0 Å². The van der Waals surface area contributed by atoms with Crippen molar-refractivity contribution in [3.05, 3.63) is 59.1 Å². The molecule has 2 amide bonds. The number of carbonyl (C=O) groups excluding carboxylic acids is 2. The summed E-state index contributed by atoms with van der Waals surface area (Å²) in [5.74, 6) is 0.0388. The van der Waals surface area contributed by atoms with Crippen LogP contribution >= 0.6 is 23.4 Å². The predicted octanol–water partition coefficient (Wildman–Crippen LogP) is 4.03. The minimum Gasteiger partial charge on any atom is -0.495 e. The van der Waals surface area contributed by atoms with E-state index in [0.29, 0.717) is 21.6 Å². The van der Waals surface area contributed by atoms with E-state index in [1.54, 1.807) is 18.2 Å². The Morgan fingerprint density at radius 2 is 2.07 bits per heavy atom.